The molecular weight excluding hydrogens is 338 g/mol. The maximum absolute atomic E-state index is 11.8. The molecule has 0 unspecified atom stereocenters. The van der Waals surface area contributed by atoms with E-state index in [1.165, 1.54) is 32.1 Å². The molecule has 2 N–H and O–H groups in total. The Bertz CT molecular complexity index is 540. The van der Waals surface area contributed by atoms with Crippen LogP contribution in [0.5, 0.6) is 0 Å². The van der Waals surface area contributed by atoms with Crippen LogP contribution in [0.1, 0.15) is 42.5 Å². The van der Waals surface area contributed by atoms with Crippen molar-refractivity contribution in [2.75, 3.05) is 31.7 Å². The molecule has 1 fully saturated rings. The quantitative estimate of drug-likeness (QED) is 0.594. The van der Waals surface area contributed by atoms with E-state index in [-0.39, 0.29) is 5.91 Å². The first-order valence-corrected chi connectivity index (χ1v) is 10.00. The first kappa shape index (κ1) is 19.1. The molecule has 0 heterocycles. The van der Waals surface area contributed by atoms with Gasteiger partial charge in [-0.05, 0) is 49.3 Å². The van der Waals surface area contributed by atoms with Crippen LogP contribution in [-0.2, 0) is 0 Å². The summed E-state index contributed by atoms with van der Waals surface area (Å²) in [6.45, 7) is 0.879. The second-order valence-electron chi connectivity index (χ2n) is 6.29. The van der Waals surface area contributed by atoms with E-state index >= 15 is 0 Å². The summed E-state index contributed by atoms with van der Waals surface area (Å²) in [5, 5.41) is 7.88. The number of carbonyl (C=O) groups is 1. The van der Waals surface area contributed by atoms with Gasteiger partial charge in [0.05, 0.1) is 0 Å². The van der Waals surface area contributed by atoms with E-state index in [2.05, 4.69) is 22.4 Å². The number of thioether (sulfide) groups is 1. The topological polar surface area (TPSA) is 44.4 Å². The maximum atomic E-state index is 11.8. The van der Waals surface area contributed by atoms with Crippen molar-refractivity contribution in [3.05, 3.63) is 29.8 Å². The van der Waals surface area contributed by atoms with Crippen LogP contribution in [0.15, 0.2) is 24.3 Å². The Morgan fingerprint density at radius 3 is 2.50 bits per heavy atom. The summed E-state index contributed by atoms with van der Waals surface area (Å²) in [6.07, 6.45) is 6.91. The molecule has 1 aliphatic rings. The van der Waals surface area contributed by atoms with Gasteiger partial charge in [0.1, 0.15) is 0 Å². The van der Waals surface area contributed by atoms with Crippen molar-refractivity contribution >= 4 is 40.7 Å². The summed E-state index contributed by atoms with van der Waals surface area (Å²) in [5.74, 6) is 1.09. The van der Waals surface area contributed by atoms with Gasteiger partial charge >= 0.3 is 0 Å². The average Bonchev–Trinajstić information content (AvgIpc) is 2.59. The van der Waals surface area contributed by atoms with Crippen molar-refractivity contribution in [3.8, 4) is 0 Å². The SMILES string of the molecule is CN(C)C(=O)c1ccc(NC(=S)NCCSC2CCCCC2)cc1. The van der Waals surface area contributed by atoms with E-state index in [1.54, 1.807) is 19.0 Å². The predicted octanol–water partition coefficient (Wildman–Crippen LogP) is 3.74. The molecule has 4 nitrogen and oxygen atoms in total. The van der Waals surface area contributed by atoms with Gasteiger partial charge in [0.2, 0.25) is 0 Å². The van der Waals surface area contributed by atoms with Gasteiger partial charge in [0.25, 0.3) is 5.91 Å². The largest absolute Gasteiger partial charge is 0.362 e. The summed E-state index contributed by atoms with van der Waals surface area (Å²) in [5.41, 5.74) is 1.57. The van der Waals surface area contributed by atoms with Gasteiger partial charge in [-0.15, -0.1) is 0 Å². The van der Waals surface area contributed by atoms with E-state index in [0.717, 1.165) is 23.2 Å². The lowest BCUT2D eigenvalue weighted by Gasteiger charge is -2.21. The fourth-order valence-electron chi connectivity index (χ4n) is 2.75. The first-order valence-electron chi connectivity index (χ1n) is 8.54. The first-order chi connectivity index (χ1) is 11.6. The summed E-state index contributed by atoms with van der Waals surface area (Å²) < 4.78 is 0. The zero-order chi connectivity index (χ0) is 17.4. The highest BCUT2D eigenvalue weighted by atomic mass is 32.2. The van der Waals surface area contributed by atoms with Gasteiger partial charge in [-0.25, -0.2) is 0 Å². The fraction of sp³-hybridized carbons (Fsp3) is 0.556. The summed E-state index contributed by atoms with van der Waals surface area (Å²) >= 11 is 7.39. The number of hydrogen-bond donors (Lipinski definition) is 2. The molecule has 0 atom stereocenters. The van der Waals surface area contributed by atoms with E-state index < -0.39 is 0 Å². The molecule has 1 aromatic rings. The zero-order valence-electron chi connectivity index (χ0n) is 14.5. The van der Waals surface area contributed by atoms with Crippen LogP contribution in [0.4, 0.5) is 5.69 Å². The van der Waals surface area contributed by atoms with Crippen molar-refractivity contribution in [3.63, 3.8) is 0 Å². The lowest BCUT2D eigenvalue weighted by Crippen LogP contribution is -2.30. The molecule has 0 radical (unpaired) electrons. The van der Waals surface area contributed by atoms with E-state index in [0.29, 0.717) is 10.7 Å². The Morgan fingerprint density at radius 1 is 1.21 bits per heavy atom. The second kappa shape index (κ2) is 9.89. The monoisotopic (exact) mass is 365 g/mol. The number of hydrogen-bond acceptors (Lipinski definition) is 3. The molecule has 1 amide bonds. The Hall–Kier alpha value is -1.27. The average molecular weight is 366 g/mol. The van der Waals surface area contributed by atoms with Crippen molar-refractivity contribution in [1.29, 1.82) is 0 Å². The molecule has 6 heteroatoms. The Labute approximate surface area is 154 Å². The lowest BCUT2D eigenvalue weighted by molar-refractivity contribution is 0.0827. The predicted molar refractivity (Wildman–Crippen MR) is 108 cm³/mol. The molecule has 0 spiro atoms. The standard InChI is InChI=1S/C18H27N3OS2/c1-21(2)17(22)14-8-10-15(11-9-14)20-18(23)19-12-13-24-16-6-4-3-5-7-16/h8-11,16H,3-7,12-13H2,1-2H3,(H2,19,20,23). The minimum absolute atomic E-state index is 0.00184. The number of thiocarbonyl (C=S) groups is 1. The molecule has 2 rings (SSSR count). The van der Waals surface area contributed by atoms with Crippen LogP contribution in [-0.4, -0.2) is 47.6 Å². The van der Waals surface area contributed by atoms with E-state index in [4.69, 9.17) is 12.2 Å². The van der Waals surface area contributed by atoms with Crippen molar-refractivity contribution in [1.82, 2.24) is 10.2 Å². The highest BCUT2D eigenvalue weighted by Gasteiger charge is 2.13. The molecule has 24 heavy (non-hydrogen) atoms. The Kier molecular flexibility index (Phi) is 7.85. The fourth-order valence-corrected chi connectivity index (χ4v) is 4.19. The number of benzene rings is 1. The van der Waals surface area contributed by atoms with Crippen LogP contribution < -0.4 is 10.6 Å². The highest BCUT2D eigenvalue weighted by molar-refractivity contribution is 7.99. The molecule has 0 aromatic heterocycles. The van der Waals surface area contributed by atoms with E-state index in [9.17, 15) is 4.79 Å². The molecule has 0 aliphatic heterocycles. The zero-order valence-corrected chi connectivity index (χ0v) is 16.1. The molecule has 1 aliphatic carbocycles. The third kappa shape index (κ3) is 6.32. The third-order valence-corrected chi connectivity index (χ3v) is 5.72. The van der Waals surface area contributed by atoms with Crippen molar-refractivity contribution in [2.24, 2.45) is 0 Å². The molecule has 1 aromatic carbocycles. The van der Waals surface area contributed by atoms with Crippen LogP contribution in [0, 0.1) is 0 Å². The number of rotatable bonds is 6. The van der Waals surface area contributed by atoms with Crippen molar-refractivity contribution in [2.45, 2.75) is 37.4 Å². The van der Waals surface area contributed by atoms with E-state index in [1.807, 2.05) is 24.3 Å². The van der Waals surface area contributed by atoms with Gasteiger partial charge in [-0.1, -0.05) is 19.3 Å². The van der Waals surface area contributed by atoms with Crippen LogP contribution in [0.3, 0.4) is 0 Å². The van der Waals surface area contributed by atoms with Gasteiger partial charge in [0.15, 0.2) is 5.11 Å². The maximum Gasteiger partial charge on any atom is 0.253 e. The highest BCUT2D eigenvalue weighted by Crippen LogP contribution is 2.27. The molecular formula is C18H27N3OS2. The molecule has 0 saturated heterocycles. The number of carbonyl (C=O) groups excluding carboxylic acids is 1. The number of anilines is 1. The summed E-state index contributed by atoms with van der Waals surface area (Å²) in [4.78, 5) is 13.4. The number of amides is 1. The molecule has 132 valence electrons. The normalized spacial score (nSPS) is 14.9. The minimum atomic E-state index is 0.00184. The van der Waals surface area contributed by atoms with Gasteiger partial charge in [-0.3, -0.25) is 4.79 Å². The summed E-state index contributed by atoms with van der Waals surface area (Å²) in [7, 11) is 3.50. The summed E-state index contributed by atoms with van der Waals surface area (Å²) in [6, 6.07) is 7.38. The second-order valence-corrected chi connectivity index (χ2v) is 8.11. The van der Waals surface area contributed by atoms with Crippen LogP contribution in [0.25, 0.3) is 0 Å². The number of nitrogens with zero attached hydrogens (tertiary/aromatic N) is 1. The third-order valence-electron chi connectivity index (χ3n) is 4.09. The van der Waals surface area contributed by atoms with Crippen molar-refractivity contribution < 1.29 is 4.79 Å². The minimum Gasteiger partial charge on any atom is -0.362 e. The Balaban J connectivity index is 1.67. The molecule has 1 saturated carbocycles. The number of nitrogens with one attached hydrogen (secondary N) is 2. The lowest BCUT2D eigenvalue weighted by atomic mass is 10.0. The smallest absolute Gasteiger partial charge is 0.253 e. The van der Waals surface area contributed by atoms with Gasteiger partial charge < -0.3 is 15.5 Å². The molecule has 0 bridgehead atoms. The van der Waals surface area contributed by atoms with Crippen LogP contribution in [0.2, 0.25) is 0 Å². The van der Waals surface area contributed by atoms with Crippen LogP contribution >= 0.6 is 24.0 Å². The van der Waals surface area contributed by atoms with Gasteiger partial charge in [-0.2, -0.15) is 11.8 Å². The van der Waals surface area contributed by atoms with Gasteiger partial charge in [0, 0.05) is 42.9 Å². The Morgan fingerprint density at radius 2 is 1.88 bits per heavy atom.